The van der Waals surface area contributed by atoms with Crippen molar-refractivity contribution in [2.24, 2.45) is 0 Å². The molecule has 100 valence electrons. The average molecular weight is 281 g/mol. The molecule has 0 aliphatic heterocycles. The van der Waals surface area contributed by atoms with E-state index in [-0.39, 0.29) is 5.78 Å². The molecule has 1 heterocycles. The van der Waals surface area contributed by atoms with E-state index in [1.807, 2.05) is 50.2 Å². The van der Waals surface area contributed by atoms with Crippen molar-refractivity contribution in [2.75, 3.05) is 0 Å². The Morgan fingerprint density at radius 1 is 1.10 bits per heavy atom. The molecule has 0 unspecified atom stereocenters. The van der Waals surface area contributed by atoms with Crippen molar-refractivity contribution in [3.05, 3.63) is 64.2 Å². The van der Waals surface area contributed by atoms with Gasteiger partial charge < -0.3 is 0 Å². The Bertz CT molecular complexity index is 735. The Morgan fingerprint density at radius 3 is 2.50 bits per heavy atom. The van der Waals surface area contributed by atoms with Crippen molar-refractivity contribution in [3.63, 3.8) is 0 Å². The van der Waals surface area contributed by atoms with E-state index in [4.69, 9.17) is 0 Å². The van der Waals surface area contributed by atoms with Gasteiger partial charge in [0.15, 0.2) is 5.78 Å². The fourth-order valence-corrected chi connectivity index (χ4v) is 3.34. The Morgan fingerprint density at radius 2 is 1.80 bits per heavy atom. The number of aryl methyl sites for hydroxylation is 2. The first-order valence-corrected chi connectivity index (χ1v) is 7.39. The number of Topliss-reactive ketones (excluding diaryl/α,β-unsaturated/α-hetero) is 1. The van der Waals surface area contributed by atoms with Crippen LogP contribution in [0.5, 0.6) is 0 Å². The first-order chi connectivity index (χ1) is 9.61. The molecule has 20 heavy (non-hydrogen) atoms. The van der Waals surface area contributed by atoms with Crippen LogP contribution in [0, 0.1) is 13.8 Å². The topological polar surface area (TPSA) is 30.0 Å². The zero-order valence-corrected chi connectivity index (χ0v) is 12.3. The monoisotopic (exact) mass is 281 g/mol. The zero-order chi connectivity index (χ0) is 14.1. The first-order valence-electron chi connectivity index (χ1n) is 6.58. The van der Waals surface area contributed by atoms with Crippen LogP contribution in [0.15, 0.2) is 42.5 Å². The van der Waals surface area contributed by atoms with Crippen molar-refractivity contribution in [1.82, 2.24) is 4.98 Å². The van der Waals surface area contributed by atoms with Gasteiger partial charge in [-0.2, -0.15) is 0 Å². The van der Waals surface area contributed by atoms with Gasteiger partial charge in [0, 0.05) is 5.56 Å². The molecule has 0 saturated carbocycles. The minimum absolute atomic E-state index is 0.135. The molecule has 3 aromatic rings. The average Bonchev–Trinajstić information content (AvgIpc) is 2.79. The summed E-state index contributed by atoms with van der Waals surface area (Å²) in [6, 6.07) is 14.0. The SMILES string of the molecule is Cc1cc(C)cc(C(=O)Cc2nc3ccccc3s2)c1. The van der Waals surface area contributed by atoms with Gasteiger partial charge in [-0.05, 0) is 38.1 Å². The maximum Gasteiger partial charge on any atom is 0.169 e. The highest BCUT2D eigenvalue weighted by atomic mass is 32.1. The number of nitrogens with zero attached hydrogens (tertiary/aromatic N) is 1. The number of aromatic nitrogens is 1. The van der Waals surface area contributed by atoms with Crippen molar-refractivity contribution < 1.29 is 4.79 Å². The van der Waals surface area contributed by atoms with Crippen LogP contribution in [-0.4, -0.2) is 10.8 Å². The molecule has 0 amide bonds. The molecule has 0 saturated heterocycles. The van der Waals surface area contributed by atoms with Gasteiger partial charge in [0.2, 0.25) is 0 Å². The number of benzene rings is 2. The number of rotatable bonds is 3. The largest absolute Gasteiger partial charge is 0.294 e. The molecule has 3 rings (SSSR count). The van der Waals surface area contributed by atoms with E-state index in [9.17, 15) is 4.79 Å². The number of para-hydroxylation sites is 1. The second-order valence-corrected chi connectivity index (χ2v) is 6.17. The maximum atomic E-state index is 12.4. The Balaban J connectivity index is 1.88. The number of hydrogen-bond acceptors (Lipinski definition) is 3. The summed E-state index contributed by atoms with van der Waals surface area (Å²) >= 11 is 1.60. The highest BCUT2D eigenvalue weighted by molar-refractivity contribution is 7.18. The maximum absolute atomic E-state index is 12.4. The molecule has 0 fully saturated rings. The van der Waals surface area contributed by atoms with E-state index in [1.165, 1.54) is 0 Å². The van der Waals surface area contributed by atoms with Crippen LogP contribution in [-0.2, 0) is 6.42 Å². The Hall–Kier alpha value is -2.00. The zero-order valence-electron chi connectivity index (χ0n) is 11.5. The third-order valence-electron chi connectivity index (χ3n) is 3.19. The van der Waals surface area contributed by atoms with Crippen LogP contribution in [0.4, 0.5) is 0 Å². The molecule has 1 aromatic heterocycles. The van der Waals surface area contributed by atoms with Crippen LogP contribution < -0.4 is 0 Å². The Kier molecular flexibility index (Phi) is 3.36. The van der Waals surface area contributed by atoms with Crippen LogP contribution >= 0.6 is 11.3 Å². The van der Waals surface area contributed by atoms with Gasteiger partial charge in [0.05, 0.1) is 16.6 Å². The summed E-state index contributed by atoms with van der Waals surface area (Å²) in [5, 5.41) is 0.885. The van der Waals surface area contributed by atoms with Crippen molar-refractivity contribution >= 4 is 27.3 Å². The van der Waals surface area contributed by atoms with E-state index in [0.29, 0.717) is 6.42 Å². The fraction of sp³-hybridized carbons (Fsp3) is 0.176. The molecule has 2 aromatic carbocycles. The van der Waals surface area contributed by atoms with Gasteiger partial charge in [-0.1, -0.05) is 29.3 Å². The lowest BCUT2D eigenvalue weighted by atomic mass is 10.0. The van der Waals surface area contributed by atoms with E-state index >= 15 is 0 Å². The molecule has 0 radical (unpaired) electrons. The van der Waals surface area contributed by atoms with Crippen LogP contribution in [0.1, 0.15) is 26.5 Å². The summed E-state index contributed by atoms with van der Waals surface area (Å²) in [6.07, 6.45) is 0.377. The van der Waals surface area contributed by atoms with E-state index in [2.05, 4.69) is 11.1 Å². The number of ketones is 1. The molecular formula is C17H15NOS. The standard InChI is InChI=1S/C17H15NOS/c1-11-7-12(2)9-13(8-11)15(19)10-17-18-14-5-3-4-6-16(14)20-17/h3-9H,10H2,1-2H3. The van der Waals surface area contributed by atoms with E-state index in [0.717, 1.165) is 31.9 Å². The lowest BCUT2D eigenvalue weighted by Gasteiger charge is -2.02. The first kappa shape index (κ1) is 13.0. The molecule has 0 aliphatic rings. The second kappa shape index (κ2) is 5.17. The summed E-state index contributed by atoms with van der Waals surface area (Å²) in [6.45, 7) is 4.03. The van der Waals surface area contributed by atoms with Gasteiger partial charge >= 0.3 is 0 Å². The molecule has 2 nitrogen and oxygen atoms in total. The van der Waals surface area contributed by atoms with Gasteiger partial charge in [-0.3, -0.25) is 4.79 Å². The lowest BCUT2D eigenvalue weighted by Crippen LogP contribution is -2.04. The number of hydrogen-bond donors (Lipinski definition) is 0. The van der Waals surface area contributed by atoms with Gasteiger partial charge in [-0.25, -0.2) is 4.98 Å². The van der Waals surface area contributed by atoms with Crippen LogP contribution in [0.3, 0.4) is 0 Å². The number of carbonyl (C=O) groups is 1. The van der Waals surface area contributed by atoms with E-state index < -0.39 is 0 Å². The highest BCUT2D eigenvalue weighted by Gasteiger charge is 2.11. The predicted molar refractivity (Wildman–Crippen MR) is 83.6 cm³/mol. The van der Waals surface area contributed by atoms with E-state index in [1.54, 1.807) is 11.3 Å². The smallest absolute Gasteiger partial charge is 0.169 e. The lowest BCUT2D eigenvalue weighted by molar-refractivity contribution is 0.0993. The number of thiazole rings is 1. The quantitative estimate of drug-likeness (QED) is 0.668. The van der Waals surface area contributed by atoms with Crippen molar-refractivity contribution in [3.8, 4) is 0 Å². The molecule has 0 atom stereocenters. The fourth-order valence-electron chi connectivity index (χ4n) is 2.37. The number of carbonyl (C=O) groups excluding carboxylic acids is 1. The summed E-state index contributed by atoms with van der Waals surface area (Å²) in [4.78, 5) is 16.9. The molecule has 3 heteroatoms. The van der Waals surface area contributed by atoms with Gasteiger partial charge in [0.25, 0.3) is 0 Å². The summed E-state index contributed by atoms with van der Waals surface area (Å²) in [5.74, 6) is 0.135. The molecule has 0 bridgehead atoms. The molecular weight excluding hydrogens is 266 g/mol. The number of fused-ring (bicyclic) bond motifs is 1. The second-order valence-electron chi connectivity index (χ2n) is 5.05. The van der Waals surface area contributed by atoms with Gasteiger partial charge in [-0.15, -0.1) is 11.3 Å². The highest BCUT2D eigenvalue weighted by Crippen LogP contribution is 2.23. The third kappa shape index (κ3) is 2.63. The minimum atomic E-state index is 0.135. The molecule has 0 spiro atoms. The summed E-state index contributed by atoms with van der Waals surface area (Å²) < 4.78 is 1.13. The van der Waals surface area contributed by atoms with Crippen LogP contribution in [0.25, 0.3) is 10.2 Å². The third-order valence-corrected chi connectivity index (χ3v) is 4.23. The normalized spacial score (nSPS) is 10.9. The van der Waals surface area contributed by atoms with Gasteiger partial charge in [0.1, 0.15) is 5.01 Å². The summed E-state index contributed by atoms with van der Waals surface area (Å²) in [7, 11) is 0. The Labute approximate surface area is 122 Å². The van der Waals surface area contributed by atoms with Crippen molar-refractivity contribution in [2.45, 2.75) is 20.3 Å². The molecule has 0 N–H and O–H groups in total. The van der Waals surface area contributed by atoms with Crippen LogP contribution in [0.2, 0.25) is 0 Å². The minimum Gasteiger partial charge on any atom is -0.294 e. The molecule has 0 aliphatic carbocycles. The predicted octanol–water partition coefficient (Wildman–Crippen LogP) is 4.34. The van der Waals surface area contributed by atoms with Crippen molar-refractivity contribution in [1.29, 1.82) is 0 Å². The summed E-state index contributed by atoms with van der Waals surface area (Å²) in [5.41, 5.74) is 4.00.